The number of ether oxygens (including phenoxy) is 3. The smallest absolute Gasteiger partial charge is 0.161 e. The van der Waals surface area contributed by atoms with Gasteiger partial charge in [-0.2, -0.15) is 0 Å². The van der Waals surface area contributed by atoms with E-state index in [0.717, 1.165) is 28.9 Å². The second kappa shape index (κ2) is 5.87. The minimum Gasteiger partial charge on any atom is -0.486 e. The molecule has 0 aromatic heterocycles. The van der Waals surface area contributed by atoms with E-state index in [1.165, 1.54) is 0 Å². The zero-order chi connectivity index (χ0) is 13.0. The van der Waals surface area contributed by atoms with Gasteiger partial charge in [0.2, 0.25) is 0 Å². The second-order valence-electron chi connectivity index (χ2n) is 4.43. The first kappa shape index (κ1) is 12.9. The van der Waals surface area contributed by atoms with Gasteiger partial charge in [0.1, 0.15) is 19.5 Å². The molecule has 98 valence electrons. The van der Waals surface area contributed by atoms with Crippen LogP contribution >= 0.6 is 0 Å². The largest absolute Gasteiger partial charge is 0.486 e. The molecule has 0 amide bonds. The predicted octanol–water partition coefficient (Wildman–Crippen LogP) is 2.30. The maximum atomic E-state index is 10.7. The SMILES string of the molecule is COCc1cc2c(cc1C(C)CC=O)OCCO2. The van der Waals surface area contributed by atoms with Crippen molar-refractivity contribution in [2.45, 2.75) is 25.9 Å². The number of hydrogen-bond acceptors (Lipinski definition) is 4. The summed E-state index contributed by atoms with van der Waals surface area (Å²) < 4.78 is 16.3. The molecular formula is C14H18O4. The Bertz CT molecular complexity index is 428. The topological polar surface area (TPSA) is 44.8 Å². The van der Waals surface area contributed by atoms with E-state index in [2.05, 4.69) is 0 Å². The molecule has 2 rings (SSSR count). The van der Waals surface area contributed by atoms with Crippen LogP contribution in [-0.2, 0) is 16.1 Å². The number of aldehydes is 1. The lowest BCUT2D eigenvalue weighted by Crippen LogP contribution is -2.16. The van der Waals surface area contributed by atoms with Crippen molar-refractivity contribution in [3.63, 3.8) is 0 Å². The number of carbonyl (C=O) groups is 1. The minimum absolute atomic E-state index is 0.156. The van der Waals surface area contributed by atoms with Gasteiger partial charge in [0.05, 0.1) is 6.61 Å². The molecular weight excluding hydrogens is 232 g/mol. The van der Waals surface area contributed by atoms with Crippen molar-refractivity contribution < 1.29 is 19.0 Å². The normalized spacial score (nSPS) is 15.2. The number of carbonyl (C=O) groups excluding carboxylic acids is 1. The fourth-order valence-corrected chi connectivity index (χ4v) is 2.16. The third kappa shape index (κ3) is 2.64. The standard InChI is InChI=1S/C14H18O4/c1-10(3-4-15)12-8-14-13(17-5-6-18-14)7-11(12)9-16-2/h4,7-8,10H,3,5-6,9H2,1-2H3. The first-order chi connectivity index (χ1) is 8.76. The molecule has 4 heteroatoms. The molecule has 0 spiro atoms. The molecule has 4 nitrogen and oxygen atoms in total. The molecule has 0 saturated carbocycles. The first-order valence-corrected chi connectivity index (χ1v) is 6.11. The summed E-state index contributed by atoms with van der Waals surface area (Å²) in [5.74, 6) is 1.67. The molecule has 0 fully saturated rings. The van der Waals surface area contributed by atoms with Crippen molar-refractivity contribution in [1.29, 1.82) is 0 Å². The molecule has 1 aliphatic heterocycles. The molecule has 0 bridgehead atoms. The Morgan fingerprint density at radius 1 is 1.33 bits per heavy atom. The van der Waals surface area contributed by atoms with Crippen LogP contribution in [0.5, 0.6) is 11.5 Å². The molecule has 0 radical (unpaired) electrons. The third-order valence-electron chi connectivity index (χ3n) is 3.08. The van der Waals surface area contributed by atoms with E-state index < -0.39 is 0 Å². The number of hydrogen-bond donors (Lipinski definition) is 0. The fraction of sp³-hybridized carbons (Fsp3) is 0.500. The molecule has 1 aromatic rings. The highest BCUT2D eigenvalue weighted by Crippen LogP contribution is 2.36. The molecule has 1 aliphatic rings. The van der Waals surface area contributed by atoms with E-state index in [0.29, 0.717) is 26.2 Å². The summed E-state index contributed by atoms with van der Waals surface area (Å²) in [7, 11) is 1.66. The molecule has 1 unspecified atom stereocenters. The van der Waals surface area contributed by atoms with Gasteiger partial charge < -0.3 is 19.0 Å². The van der Waals surface area contributed by atoms with E-state index in [-0.39, 0.29) is 5.92 Å². The summed E-state index contributed by atoms with van der Waals surface area (Å²) in [6.45, 7) is 3.68. The molecule has 1 aromatic carbocycles. The molecule has 0 aliphatic carbocycles. The van der Waals surface area contributed by atoms with Crippen molar-refractivity contribution in [2.24, 2.45) is 0 Å². The van der Waals surface area contributed by atoms with Crippen molar-refractivity contribution in [3.8, 4) is 11.5 Å². The monoisotopic (exact) mass is 250 g/mol. The summed E-state index contributed by atoms with van der Waals surface area (Å²) in [4.78, 5) is 10.7. The number of fused-ring (bicyclic) bond motifs is 1. The van der Waals surface area contributed by atoms with Crippen molar-refractivity contribution in [2.75, 3.05) is 20.3 Å². The van der Waals surface area contributed by atoms with Gasteiger partial charge in [-0.05, 0) is 29.2 Å². The predicted molar refractivity (Wildman–Crippen MR) is 67.2 cm³/mol. The van der Waals surface area contributed by atoms with Gasteiger partial charge in [-0.1, -0.05) is 6.92 Å². The quantitative estimate of drug-likeness (QED) is 0.752. The molecule has 1 atom stereocenters. The molecule has 18 heavy (non-hydrogen) atoms. The Balaban J connectivity index is 2.38. The zero-order valence-electron chi connectivity index (χ0n) is 10.8. The Labute approximate surface area is 107 Å². The van der Waals surface area contributed by atoms with Gasteiger partial charge in [-0.15, -0.1) is 0 Å². The van der Waals surface area contributed by atoms with Crippen molar-refractivity contribution in [1.82, 2.24) is 0 Å². The van der Waals surface area contributed by atoms with E-state index in [1.54, 1.807) is 7.11 Å². The lowest BCUT2D eigenvalue weighted by Gasteiger charge is -2.22. The zero-order valence-corrected chi connectivity index (χ0v) is 10.8. The summed E-state index contributed by atoms with van der Waals surface area (Å²) in [6, 6.07) is 3.92. The Morgan fingerprint density at radius 3 is 2.61 bits per heavy atom. The number of methoxy groups -OCH3 is 1. The van der Waals surface area contributed by atoms with Crippen molar-refractivity contribution in [3.05, 3.63) is 23.3 Å². The van der Waals surface area contributed by atoms with Gasteiger partial charge in [0.25, 0.3) is 0 Å². The van der Waals surface area contributed by atoms with Gasteiger partial charge >= 0.3 is 0 Å². The van der Waals surface area contributed by atoms with Crippen LogP contribution in [0, 0.1) is 0 Å². The minimum atomic E-state index is 0.156. The first-order valence-electron chi connectivity index (χ1n) is 6.11. The highest BCUT2D eigenvalue weighted by atomic mass is 16.6. The highest BCUT2D eigenvalue weighted by Gasteiger charge is 2.18. The lowest BCUT2D eigenvalue weighted by molar-refractivity contribution is -0.108. The second-order valence-corrected chi connectivity index (χ2v) is 4.43. The molecule has 0 saturated heterocycles. The molecule has 0 N–H and O–H groups in total. The van der Waals surface area contributed by atoms with Crippen LogP contribution < -0.4 is 9.47 Å². The maximum absolute atomic E-state index is 10.7. The van der Waals surface area contributed by atoms with Crippen LogP contribution in [0.2, 0.25) is 0 Å². The number of rotatable bonds is 5. The lowest BCUT2D eigenvalue weighted by atomic mass is 9.93. The molecule has 1 heterocycles. The van der Waals surface area contributed by atoms with Crippen LogP contribution in [0.15, 0.2) is 12.1 Å². The fourth-order valence-electron chi connectivity index (χ4n) is 2.16. The Kier molecular flexibility index (Phi) is 4.20. The van der Waals surface area contributed by atoms with E-state index in [4.69, 9.17) is 14.2 Å². The Morgan fingerprint density at radius 2 is 2.00 bits per heavy atom. The summed E-state index contributed by atoms with van der Waals surface area (Å²) >= 11 is 0. The van der Waals surface area contributed by atoms with Gasteiger partial charge in [0, 0.05) is 13.5 Å². The van der Waals surface area contributed by atoms with E-state index >= 15 is 0 Å². The number of benzene rings is 1. The van der Waals surface area contributed by atoms with Crippen LogP contribution in [0.25, 0.3) is 0 Å². The average molecular weight is 250 g/mol. The summed E-state index contributed by atoms with van der Waals surface area (Å²) in [5, 5.41) is 0. The van der Waals surface area contributed by atoms with Gasteiger partial charge in [0.15, 0.2) is 11.5 Å². The summed E-state index contributed by atoms with van der Waals surface area (Å²) in [6.07, 6.45) is 1.44. The maximum Gasteiger partial charge on any atom is 0.161 e. The van der Waals surface area contributed by atoms with Crippen LogP contribution in [0.4, 0.5) is 0 Å². The van der Waals surface area contributed by atoms with Gasteiger partial charge in [-0.25, -0.2) is 0 Å². The van der Waals surface area contributed by atoms with Crippen molar-refractivity contribution >= 4 is 6.29 Å². The Hall–Kier alpha value is -1.55. The van der Waals surface area contributed by atoms with Crippen LogP contribution in [-0.4, -0.2) is 26.6 Å². The third-order valence-corrected chi connectivity index (χ3v) is 3.08. The average Bonchev–Trinajstić information content (AvgIpc) is 2.38. The summed E-state index contributed by atoms with van der Waals surface area (Å²) in [5.41, 5.74) is 2.14. The van der Waals surface area contributed by atoms with Gasteiger partial charge in [-0.3, -0.25) is 0 Å². The van der Waals surface area contributed by atoms with Crippen LogP contribution in [0.3, 0.4) is 0 Å². The highest BCUT2D eigenvalue weighted by molar-refractivity contribution is 5.54. The van der Waals surface area contributed by atoms with E-state index in [9.17, 15) is 4.79 Å². The van der Waals surface area contributed by atoms with E-state index in [1.807, 2.05) is 19.1 Å². The van der Waals surface area contributed by atoms with Crippen LogP contribution in [0.1, 0.15) is 30.4 Å².